The fourth-order valence-corrected chi connectivity index (χ4v) is 2.88. The molecule has 0 saturated carbocycles. The normalized spacial score (nSPS) is 10.5. The fourth-order valence-electron chi connectivity index (χ4n) is 2.70. The van der Waals surface area contributed by atoms with Gasteiger partial charge in [-0.15, -0.1) is 0 Å². The van der Waals surface area contributed by atoms with Crippen molar-refractivity contribution in [1.29, 1.82) is 0 Å². The minimum absolute atomic E-state index is 0.0106. The SMILES string of the molecule is COc1cc(/C=N/NC(=S)Nc2ccccc2)ccc1OCCOc1ccc([N+](=O)[O-])cc1. The summed E-state index contributed by atoms with van der Waals surface area (Å²) in [6.45, 7) is 0.529. The Hall–Kier alpha value is -4.18. The Morgan fingerprint density at radius 1 is 1.03 bits per heavy atom. The molecule has 0 unspecified atom stereocenters. The van der Waals surface area contributed by atoms with E-state index in [1.807, 2.05) is 36.4 Å². The second-order valence-electron chi connectivity index (χ2n) is 6.55. The van der Waals surface area contributed by atoms with Crippen molar-refractivity contribution in [1.82, 2.24) is 5.43 Å². The number of nitrogens with zero attached hydrogens (tertiary/aromatic N) is 2. The van der Waals surface area contributed by atoms with Crippen LogP contribution in [-0.4, -0.2) is 36.6 Å². The van der Waals surface area contributed by atoms with Crippen LogP contribution in [0.1, 0.15) is 5.56 Å². The molecule has 3 aromatic rings. The van der Waals surface area contributed by atoms with Crippen LogP contribution in [0.2, 0.25) is 0 Å². The van der Waals surface area contributed by atoms with Gasteiger partial charge < -0.3 is 19.5 Å². The quantitative estimate of drug-likeness (QED) is 0.149. The van der Waals surface area contributed by atoms with Gasteiger partial charge in [0.2, 0.25) is 0 Å². The lowest BCUT2D eigenvalue weighted by atomic mass is 10.2. The van der Waals surface area contributed by atoms with Crippen molar-refractivity contribution in [3.8, 4) is 17.2 Å². The minimum atomic E-state index is -0.459. The molecule has 0 bridgehead atoms. The molecule has 0 saturated heterocycles. The summed E-state index contributed by atoms with van der Waals surface area (Å²) < 4.78 is 16.7. The van der Waals surface area contributed by atoms with E-state index in [-0.39, 0.29) is 18.9 Å². The van der Waals surface area contributed by atoms with Crippen LogP contribution in [0.5, 0.6) is 17.2 Å². The number of thiocarbonyl (C=S) groups is 1. The minimum Gasteiger partial charge on any atom is -0.493 e. The number of rotatable bonds is 10. The predicted octanol–water partition coefficient (Wildman–Crippen LogP) is 4.38. The molecule has 9 nitrogen and oxygen atoms in total. The van der Waals surface area contributed by atoms with Gasteiger partial charge in [-0.2, -0.15) is 5.10 Å². The average Bonchev–Trinajstić information content (AvgIpc) is 2.83. The number of hydrogen-bond acceptors (Lipinski definition) is 7. The molecule has 0 heterocycles. The first-order chi connectivity index (χ1) is 16.0. The maximum Gasteiger partial charge on any atom is 0.269 e. The maximum absolute atomic E-state index is 10.7. The van der Waals surface area contributed by atoms with Gasteiger partial charge in [0.05, 0.1) is 18.2 Å². The van der Waals surface area contributed by atoms with Crippen LogP contribution in [0.25, 0.3) is 0 Å². The first-order valence-electron chi connectivity index (χ1n) is 9.88. The second kappa shape index (κ2) is 12.0. The van der Waals surface area contributed by atoms with E-state index in [0.717, 1.165) is 11.3 Å². The molecule has 33 heavy (non-hydrogen) atoms. The van der Waals surface area contributed by atoms with E-state index in [0.29, 0.717) is 22.4 Å². The first kappa shape index (κ1) is 23.5. The van der Waals surface area contributed by atoms with Crippen LogP contribution < -0.4 is 25.0 Å². The maximum atomic E-state index is 10.7. The topological polar surface area (TPSA) is 107 Å². The molecule has 0 aliphatic heterocycles. The predicted molar refractivity (Wildman–Crippen MR) is 130 cm³/mol. The number of benzene rings is 3. The van der Waals surface area contributed by atoms with E-state index < -0.39 is 4.92 Å². The third-order valence-electron chi connectivity index (χ3n) is 4.26. The number of non-ortho nitro benzene ring substituents is 1. The van der Waals surface area contributed by atoms with Crippen molar-refractivity contribution >= 4 is 34.9 Å². The Labute approximate surface area is 196 Å². The Morgan fingerprint density at radius 2 is 1.76 bits per heavy atom. The van der Waals surface area contributed by atoms with Crippen molar-refractivity contribution in [2.45, 2.75) is 0 Å². The molecule has 3 aromatic carbocycles. The summed E-state index contributed by atoms with van der Waals surface area (Å²) >= 11 is 5.21. The summed E-state index contributed by atoms with van der Waals surface area (Å²) in [5, 5.41) is 18.2. The van der Waals surface area contributed by atoms with Crippen molar-refractivity contribution in [3.63, 3.8) is 0 Å². The summed E-state index contributed by atoms with van der Waals surface area (Å²) in [6.07, 6.45) is 1.61. The van der Waals surface area contributed by atoms with Crippen molar-refractivity contribution < 1.29 is 19.1 Å². The molecular formula is C23H22N4O5S. The Balaban J connectivity index is 1.47. The zero-order valence-corrected chi connectivity index (χ0v) is 18.6. The zero-order valence-electron chi connectivity index (χ0n) is 17.8. The third kappa shape index (κ3) is 7.47. The summed E-state index contributed by atoms with van der Waals surface area (Å²) in [5.41, 5.74) is 4.43. The van der Waals surface area contributed by atoms with Gasteiger partial charge in [0.25, 0.3) is 5.69 Å². The lowest BCUT2D eigenvalue weighted by Crippen LogP contribution is -2.23. The average molecular weight is 467 g/mol. The van der Waals surface area contributed by atoms with Gasteiger partial charge in [-0.1, -0.05) is 18.2 Å². The van der Waals surface area contributed by atoms with E-state index in [4.69, 9.17) is 26.4 Å². The molecule has 2 N–H and O–H groups in total. The fraction of sp³-hybridized carbons (Fsp3) is 0.130. The number of para-hydroxylation sites is 1. The van der Waals surface area contributed by atoms with Crippen molar-refractivity contribution in [2.75, 3.05) is 25.6 Å². The highest BCUT2D eigenvalue weighted by Gasteiger charge is 2.07. The number of ether oxygens (including phenoxy) is 3. The van der Waals surface area contributed by atoms with Crippen LogP contribution in [0.3, 0.4) is 0 Å². The number of anilines is 1. The Kier molecular flexibility index (Phi) is 8.55. The van der Waals surface area contributed by atoms with Crippen LogP contribution >= 0.6 is 12.2 Å². The van der Waals surface area contributed by atoms with Crippen molar-refractivity contribution in [3.05, 3.63) is 88.5 Å². The number of methoxy groups -OCH3 is 1. The van der Waals surface area contributed by atoms with E-state index in [1.165, 1.54) is 12.1 Å². The largest absolute Gasteiger partial charge is 0.493 e. The molecule has 0 amide bonds. The molecule has 0 fully saturated rings. The number of nitrogens with one attached hydrogen (secondary N) is 2. The van der Waals surface area contributed by atoms with Gasteiger partial charge >= 0.3 is 0 Å². The van der Waals surface area contributed by atoms with Crippen LogP contribution in [0.4, 0.5) is 11.4 Å². The molecule has 3 rings (SSSR count). The van der Waals surface area contributed by atoms with E-state index in [9.17, 15) is 10.1 Å². The highest BCUT2D eigenvalue weighted by Crippen LogP contribution is 2.27. The van der Waals surface area contributed by atoms with Crippen LogP contribution in [0.15, 0.2) is 77.9 Å². The van der Waals surface area contributed by atoms with E-state index >= 15 is 0 Å². The summed E-state index contributed by atoms with van der Waals surface area (Å²) in [7, 11) is 1.55. The van der Waals surface area contributed by atoms with Gasteiger partial charge in [0, 0.05) is 17.8 Å². The second-order valence-corrected chi connectivity index (χ2v) is 6.96. The van der Waals surface area contributed by atoms with Gasteiger partial charge in [-0.3, -0.25) is 15.5 Å². The first-order valence-corrected chi connectivity index (χ1v) is 10.3. The molecule has 0 atom stereocenters. The summed E-state index contributed by atoms with van der Waals surface area (Å²) in [6, 6.07) is 20.8. The number of hydrazone groups is 1. The van der Waals surface area contributed by atoms with Gasteiger partial charge in [0.1, 0.15) is 19.0 Å². The highest BCUT2D eigenvalue weighted by molar-refractivity contribution is 7.80. The van der Waals surface area contributed by atoms with E-state index in [2.05, 4.69) is 15.8 Å². The van der Waals surface area contributed by atoms with Crippen molar-refractivity contribution in [2.24, 2.45) is 5.10 Å². The smallest absolute Gasteiger partial charge is 0.269 e. The van der Waals surface area contributed by atoms with E-state index in [1.54, 1.807) is 37.6 Å². The number of hydrogen-bond donors (Lipinski definition) is 2. The molecule has 10 heteroatoms. The third-order valence-corrected chi connectivity index (χ3v) is 4.45. The molecule has 0 radical (unpaired) electrons. The Bertz CT molecular complexity index is 1110. The molecule has 0 aliphatic rings. The van der Waals surface area contributed by atoms with Gasteiger partial charge in [-0.05, 0) is 60.2 Å². The van der Waals surface area contributed by atoms with Gasteiger partial charge in [-0.25, -0.2) is 0 Å². The molecule has 170 valence electrons. The molecular weight excluding hydrogens is 444 g/mol. The zero-order chi connectivity index (χ0) is 23.5. The summed E-state index contributed by atoms with van der Waals surface area (Å²) in [4.78, 5) is 10.2. The molecule has 0 aromatic heterocycles. The number of nitro groups is 1. The lowest BCUT2D eigenvalue weighted by Gasteiger charge is -2.12. The standard InChI is InChI=1S/C23H22N4O5S/c1-30-22-15-17(16-24-26-23(33)25-18-5-3-2-4-6-18)7-12-21(22)32-14-13-31-20-10-8-19(9-11-20)27(28)29/h2-12,15-16H,13-14H2,1H3,(H2,25,26,33)/b24-16+. The molecule has 0 spiro atoms. The number of nitro benzene ring substituents is 1. The highest BCUT2D eigenvalue weighted by atomic mass is 32.1. The molecule has 0 aliphatic carbocycles. The van der Waals surface area contributed by atoms with Crippen LogP contribution in [0, 0.1) is 10.1 Å². The summed E-state index contributed by atoms with van der Waals surface area (Å²) in [5.74, 6) is 1.62. The monoisotopic (exact) mass is 466 g/mol. The van der Waals surface area contributed by atoms with Crippen LogP contribution in [-0.2, 0) is 0 Å². The van der Waals surface area contributed by atoms with Gasteiger partial charge in [0.15, 0.2) is 16.6 Å². The lowest BCUT2D eigenvalue weighted by molar-refractivity contribution is -0.384. The Morgan fingerprint density at radius 3 is 2.45 bits per heavy atom.